The van der Waals surface area contributed by atoms with Crippen molar-refractivity contribution in [2.45, 2.75) is 162 Å². The fourth-order valence-electron chi connectivity index (χ4n) is 5.77. The number of alkyl carbamates (subject to hydrolysis) is 1. The molecule has 0 aliphatic heterocycles. The van der Waals surface area contributed by atoms with E-state index >= 15 is 0 Å². The molecule has 378 valence electrons. The largest absolute Gasteiger partial charge is 0.480 e. The van der Waals surface area contributed by atoms with Crippen molar-refractivity contribution in [3.8, 4) is 0 Å². The highest BCUT2D eigenvalue weighted by atomic mass is 16.6. The minimum Gasteiger partial charge on any atom is -0.480 e. The van der Waals surface area contributed by atoms with Crippen LogP contribution in [0.5, 0.6) is 0 Å². The lowest BCUT2D eigenvalue weighted by Crippen LogP contribution is -2.62. The predicted octanol–water partition coefficient (Wildman–Crippen LogP) is -3.46. The Bertz CT molecular complexity index is 1730. The van der Waals surface area contributed by atoms with Crippen LogP contribution in [-0.4, -0.2) is 160 Å². The van der Waals surface area contributed by atoms with Gasteiger partial charge in [-0.3, -0.25) is 38.6 Å². The van der Waals surface area contributed by atoms with Gasteiger partial charge in [0.2, 0.25) is 41.4 Å². The van der Waals surface area contributed by atoms with E-state index in [-0.39, 0.29) is 44.1 Å². The molecule has 0 unspecified atom stereocenters. The van der Waals surface area contributed by atoms with E-state index in [1.54, 1.807) is 62.3 Å². The summed E-state index contributed by atoms with van der Waals surface area (Å²) in [7, 11) is 0. The lowest BCUT2D eigenvalue weighted by Gasteiger charge is -2.31. The summed E-state index contributed by atoms with van der Waals surface area (Å²) in [6.07, 6.45) is -4.00. The van der Waals surface area contributed by atoms with E-state index in [9.17, 15) is 53.4 Å². The summed E-state index contributed by atoms with van der Waals surface area (Å²) in [6, 6.07) is -10.8. The predicted molar refractivity (Wildman–Crippen MR) is 239 cm³/mol. The van der Waals surface area contributed by atoms with Gasteiger partial charge in [-0.25, -0.2) is 9.59 Å². The Morgan fingerprint density at radius 2 is 1.27 bits per heavy atom. The maximum atomic E-state index is 14.1. The first-order valence-corrected chi connectivity index (χ1v) is 21.7. The van der Waals surface area contributed by atoms with Crippen molar-refractivity contribution in [3.05, 3.63) is 0 Å². The normalized spacial score (nSPS) is 16.2. The van der Waals surface area contributed by atoms with Gasteiger partial charge in [0.15, 0.2) is 7.37 Å². The molecular formula is C41H75N11O14. The van der Waals surface area contributed by atoms with Crippen molar-refractivity contribution in [3.63, 3.8) is 0 Å². The molecule has 10 atom stereocenters. The van der Waals surface area contributed by atoms with Crippen LogP contribution in [0.2, 0.25) is 1.41 Å². The van der Waals surface area contributed by atoms with Crippen molar-refractivity contribution in [2.75, 3.05) is 19.7 Å². The summed E-state index contributed by atoms with van der Waals surface area (Å²) < 4.78 is 14.1. The molecule has 0 rings (SSSR count). The highest BCUT2D eigenvalue weighted by Crippen LogP contribution is 2.14. The zero-order chi connectivity index (χ0) is 52.1. The second kappa shape index (κ2) is 29.0. The minimum atomic E-state index is -1.72. The zero-order valence-corrected chi connectivity index (χ0v) is 39.8. The Labute approximate surface area is 387 Å². The molecule has 0 bridgehead atoms. The van der Waals surface area contributed by atoms with Gasteiger partial charge < -0.3 is 79.2 Å². The number of carboxylic acid groups (broad SMARTS) is 1. The summed E-state index contributed by atoms with van der Waals surface area (Å²) in [5, 5.41) is 56.3. The number of amides is 8. The number of aliphatic hydroxyl groups is 3. The number of carbonyl (C=O) groups is 9. The number of hydrogen-bond donors (Lipinski definition) is 14. The first kappa shape index (κ1) is 58.2. The second-order valence-electron chi connectivity index (χ2n) is 17.7. The average molecular weight is 947 g/mol. The molecule has 25 heteroatoms. The lowest BCUT2D eigenvalue weighted by atomic mass is 9.96. The molecule has 0 heterocycles. The van der Waals surface area contributed by atoms with Crippen molar-refractivity contribution in [2.24, 2.45) is 34.2 Å². The number of carboxylic acids is 1. The van der Waals surface area contributed by atoms with Gasteiger partial charge in [0.05, 0.1) is 25.4 Å². The van der Waals surface area contributed by atoms with E-state index in [1.165, 1.54) is 13.8 Å². The molecule has 25 nitrogen and oxygen atoms in total. The van der Waals surface area contributed by atoms with Crippen LogP contribution >= 0.6 is 0 Å². The number of aliphatic carboxylic acids is 1. The van der Waals surface area contributed by atoms with Crippen LogP contribution in [-0.2, 0) is 43.1 Å². The van der Waals surface area contributed by atoms with E-state index in [1.807, 2.05) is 5.32 Å². The van der Waals surface area contributed by atoms with E-state index in [2.05, 4.69) is 36.9 Å². The maximum Gasteiger partial charge on any atom is 0.408 e. The Morgan fingerprint density at radius 1 is 0.712 bits per heavy atom. The van der Waals surface area contributed by atoms with E-state index in [0.717, 1.165) is 0 Å². The molecule has 16 N–H and O–H groups in total. The summed E-state index contributed by atoms with van der Waals surface area (Å²) in [4.78, 5) is 122. The van der Waals surface area contributed by atoms with Crippen LogP contribution in [0.3, 0.4) is 0 Å². The third-order valence-electron chi connectivity index (χ3n) is 9.67. The molecule has 0 aromatic heterocycles. The molecule has 8 amide bonds. The van der Waals surface area contributed by atoms with Crippen molar-refractivity contribution in [1.29, 1.82) is 0 Å². The number of hydrogen-bond acceptors (Lipinski definition) is 14. The van der Waals surface area contributed by atoms with E-state index in [4.69, 9.17) is 27.8 Å². The SMILES string of the molecule is [2H]N(C(=O)[C@@H](NC(=O)OC(C)(C)C)[C@H](O)C(C)C)[C@@H](CC(C)C)C(=O)N[C@@H](CCCN=C(N)N)C(=O)N[C@H](C(=O)N[C@H](C(=O)NCC(=O)N[C@@H](C)C(=O)N[C@@H](CO)C(=O)O)[C@H](C)O)[C@@H](C)CC. The number of ether oxygens (including phenoxy) is 1. The fourth-order valence-corrected chi connectivity index (χ4v) is 5.77. The van der Waals surface area contributed by atoms with Crippen LogP contribution in [0.1, 0.15) is 102 Å². The third-order valence-corrected chi connectivity index (χ3v) is 9.67. The van der Waals surface area contributed by atoms with Gasteiger partial charge in [-0.2, -0.15) is 0 Å². The van der Waals surface area contributed by atoms with Crippen LogP contribution in [0.15, 0.2) is 4.99 Å². The van der Waals surface area contributed by atoms with Crippen molar-refractivity contribution < 1.29 is 69.7 Å². The number of aliphatic imine (C=N–C) groups is 1. The monoisotopic (exact) mass is 947 g/mol. The van der Waals surface area contributed by atoms with Crippen molar-refractivity contribution in [1.82, 2.24) is 42.5 Å². The Kier molecular flexibility index (Phi) is 25.5. The Balaban J connectivity index is 6.54. The number of carbonyl (C=O) groups excluding carboxylic acids is 8. The van der Waals surface area contributed by atoms with Crippen LogP contribution in [0, 0.1) is 17.8 Å². The van der Waals surface area contributed by atoms with Gasteiger partial charge in [0.1, 0.15) is 47.9 Å². The number of nitrogens with one attached hydrogen (secondary N) is 8. The van der Waals surface area contributed by atoms with Crippen LogP contribution in [0.25, 0.3) is 0 Å². The molecular weight excluding hydrogens is 871 g/mol. The number of nitrogens with two attached hydrogens (primary N) is 2. The smallest absolute Gasteiger partial charge is 0.408 e. The number of nitrogens with zero attached hydrogens (tertiary/aromatic N) is 1. The van der Waals surface area contributed by atoms with Gasteiger partial charge in [0, 0.05) is 6.54 Å². The summed E-state index contributed by atoms with van der Waals surface area (Å²) in [6.45, 7) is 15.3. The lowest BCUT2D eigenvalue weighted by molar-refractivity contribution is -0.143. The highest BCUT2D eigenvalue weighted by molar-refractivity contribution is 5.97. The van der Waals surface area contributed by atoms with E-state index in [0.29, 0.717) is 5.31 Å². The number of rotatable bonds is 28. The molecule has 0 aliphatic carbocycles. The number of aliphatic hydroxyl groups excluding tert-OH is 3. The van der Waals surface area contributed by atoms with Crippen molar-refractivity contribution >= 4 is 59.4 Å². The maximum absolute atomic E-state index is 14.1. The molecule has 0 aromatic carbocycles. The summed E-state index contributed by atoms with van der Waals surface area (Å²) in [5.41, 5.74) is 9.94. The molecule has 0 saturated heterocycles. The van der Waals surface area contributed by atoms with Crippen LogP contribution < -0.4 is 54.0 Å². The quantitative estimate of drug-likeness (QED) is 0.0206. The van der Waals surface area contributed by atoms with Gasteiger partial charge in [-0.05, 0) is 71.6 Å². The third kappa shape index (κ3) is 22.9. The summed E-state index contributed by atoms with van der Waals surface area (Å²) in [5.74, 6) is -10.2. The standard InChI is InChI=1S/C41H75N11O14/c1-12-21(6)28(36(61)51-29(23(8)54)35(60)45-17-27(55)46-22(7)32(57)49-26(18-53)38(63)64)50-33(58)24(14-13-15-44-39(42)43)47-34(59)25(16-19(2)3)48-37(62)30(31(56)20(4)5)52-40(65)66-41(9,10)11/h19-26,28-31,53-54,56H,12-18H2,1-11H3,(H,45,60)(H,46,55)(H,47,59)(H,48,62)(H,49,57)(H,50,58)(H,51,61)(H,52,65)(H,63,64)(H4,42,43,44)/t21-,22-,23-,24-,25-,26-,28-,29-,30-,31+/m0/s1/i/hD. The zero-order valence-electron chi connectivity index (χ0n) is 40.8. The van der Waals surface area contributed by atoms with Gasteiger partial charge in [-0.15, -0.1) is 0 Å². The van der Waals surface area contributed by atoms with Gasteiger partial charge >= 0.3 is 12.1 Å². The van der Waals surface area contributed by atoms with E-state index < -0.39 is 139 Å². The second-order valence-corrected chi connectivity index (χ2v) is 17.7. The van der Waals surface area contributed by atoms with Gasteiger partial charge in [0.25, 0.3) is 0 Å². The summed E-state index contributed by atoms with van der Waals surface area (Å²) >= 11 is 0. The topological polar surface area (TPSA) is 404 Å². The van der Waals surface area contributed by atoms with Gasteiger partial charge in [-0.1, -0.05) is 48.0 Å². The fraction of sp³-hybridized carbons (Fsp3) is 0.756. The molecule has 0 aromatic rings. The molecule has 0 spiro atoms. The molecule has 0 aliphatic rings. The number of guanidine groups is 1. The molecule has 0 saturated carbocycles. The average Bonchev–Trinajstić information content (AvgIpc) is 3.22. The van der Waals surface area contributed by atoms with Crippen LogP contribution in [0.4, 0.5) is 4.79 Å². The molecule has 0 fully saturated rings. The molecule has 0 radical (unpaired) electrons. The molecule has 66 heavy (non-hydrogen) atoms. The first-order valence-electron chi connectivity index (χ1n) is 22.2. The Morgan fingerprint density at radius 3 is 1.76 bits per heavy atom. The Hall–Kier alpha value is -5.82. The minimum absolute atomic E-state index is 0.00502. The highest BCUT2D eigenvalue weighted by Gasteiger charge is 2.37. The first-order chi connectivity index (χ1) is 30.9.